The van der Waals surface area contributed by atoms with Gasteiger partial charge in [-0.05, 0) is 29.8 Å². The normalized spacial score (nSPS) is 14.0. The molecule has 2 N–H and O–H groups in total. The number of fused-ring (bicyclic) bond motifs is 1. The Morgan fingerprint density at radius 2 is 1.86 bits per heavy atom. The molecule has 0 aliphatic carbocycles. The Bertz CT molecular complexity index is 642. The van der Waals surface area contributed by atoms with Crippen molar-refractivity contribution in [1.29, 1.82) is 0 Å². The van der Waals surface area contributed by atoms with Gasteiger partial charge in [0.1, 0.15) is 5.75 Å². The van der Waals surface area contributed by atoms with Gasteiger partial charge in [0.25, 0.3) is 0 Å². The van der Waals surface area contributed by atoms with E-state index in [-0.39, 0.29) is 0 Å². The summed E-state index contributed by atoms with van der Waals surface area (Å²) < 4.78 is 5.30. The van der Waals surface area contributed by atoms with Crippen LogP contribution in [0.4, 0.5) is 17.1 Å². The van der Waals surface area contributed by atoms with Crippen molar-refractivity contribution in [2.75, 3.05) is 42.8 Å². The zero-order valence-corrected chi connectivity index (χ0v) is 12.5. The minimum atomic E-state index is 0.742. The van der Waals surface area contributed by atoms with Crippen LogP contribution in [0, 0.1) is 0 Å². The molecule has 0 atom stereocenters. The molecule has 0 radical (unpaired) electrons. The average molecular weight is 283 g/mol. The number of nitrogens with zero attached hydrogens (tertiary/aromatic N) is 2. The third-order valence-electron chi connectivity index (χ3n) is 3.94. The highest BCUT2D eigenvalue weighted by atomic mass is 16.5. The van der Waals surface area contributed by atoms with Crippen LogP contribution in [0.1, 0.15) is 5.56 Å². The number of anilines is 3. The van der Waals surface area contributed by atoms with Crippen LogP contribution in [-0.4, -0.2) is 27.2 Å². The molecule has 0 spiro atoms. The number of benzene rings is 2. The second-order valence-corrected chi connectivity index (χ2v) is 5.45. The maximum absolute atomic E-state index is 5.95. The first-order chi connectivity index (χ1) is 10.2. The number of nitrogen functional groups attached to an aromatic ring is 1. The predicted molar refractivity (Wildman–Crippen MR) is 88.2 cm³/mol. The van der Waals surface area contributed by atoms with Crippen LogP contribution in [0.3, 0.4) is 0 Å². The lowest BCUT2D eigenvalue weighted by Gasteiger charge is -2.37. The van der Waals surface area contributed by atoms with Gasteiger partial charge in [-0.25, -0.2) is 0 Å². The first-order valence-corrected chi connectivity index (χ1v) is 7.16. The molecule has 1 heterocycles. The van der Waals surface area contributed by atoms with Gasteiger partial charge in [-0.15, -0.1) is 0 Å². The molecule has 3 rings (SSSR count). The van der Waals surface area contributed by atoms with Gasteiger partial charge in [-0.2, -0.15) is 0 Å². The van der Waals surface area contributed by atoms with Crippen LogP contribution in [0.2, 0.25) is 0 Å². The van der Waals surface area contributed by atoms with Crippen LogP contribution in [0.5, 0.6) is 5.75 Å². The highest BCUT2D eigenvalue weighted by molar-refractivity contribution is 5.73. The molecule has 4 heteroatoms. The van der Waals surface area contributed by atoms with Crippen molar-refractivity contribution in [2.24, 2.45) is 0 Å². The molecule has 2 aromatic carbocycles. The Morgan fingerprint density at radius 3 is 2.62 bits per heavy atom. The third-order valence-corrected chi connectivity index (χ3v) is 3.94. The molecular formula is C17H21N3O. The van der Waals surface area contributed by atoms with E-state index in [1.54, 1.807) is 7.11 Å². The van der Waals surface area contributed by atoms with Crippen molar-refractivity contribution < 1.29 is 4.74 Å². The quantitative estimate of drug-likeness (QED) is 0.880. The molecule has 110 valence electrons. The molecule has 1 aliphatic heterocycles. The molecule has 4 nitrogen and oxygen atoms in total. The molecule has 0 aromatic heterocycles. The van der Waals surface area contributed by atoms with Gasteiger partial charge < -0.3 is 20.3 Å². The lowest BCUT2D eigenvalue weighted by atomic mass is 10.1. The fourth-order valence-electron chi connectivity index (χ4n) is 2.85. The Hall–Kier alpha value is -2.36. The summed E-state index contributed by atoms with van der Waals surface area (Å²) in [5.41, 5.74) is 10.4. The number of hydrogen-bond acceptors (Lipinski definition) is 4. The molecule has 1 aliphatic rings. The fourth-order valence-corrected chi connectivity index (χ4v) is 2.85. The SMILES string of the molecule is COc1cc(N)cc(CN2CCN(C)c3ccccc32)c1. The van der Waals surface area contributed by atoms with E-state index < -0.39 is 0 Å². The molecule has 0 fully saturated rings. The zero-order valence-electron chi connectivity index (χ0n) is 12.5. The van der Waals surface area contributed by atoms with Crippen molar-refractivity contribution in [3.8, 4) is 5.75 Å². The predicted octanol–water partition coefficient (Wildman–Crippen LogP) is 2.73. The number of methoxy groups -OCH3 is 1. The molecule has 0 saturated heterocycles. The summed E-state index contributed by atoms with van der Waals surface area (Å²) in [6.45, 7) is 2.87. The Kier molecular flexibility index (Phi) is 3.60. The fraction of sp³-hybridized carbons (Fsp3) is 0.294. The average Bonchev–Trinajstić information content (AvgIpc) is 2.50. The lowest BCUT2D eigenvalue weighted by Crippen LogP contribution is -2.38. The van der Waals surface area contributed by atoms with Crippen LogP contribution in [0.25, 0.3) is 0 Å². The molecule has 21 heavy (non-hydrogen) atoms. The highest BCUT2D eigenvalue weighted by Gasteiger charge is 2.19. The number of likely N-dealkylation sites (N-methyl/N-ethyl adjacent to an activating group) is 1. The van der Waals surface area contributed by atoms with Gasteiger partial charge in [0, 0.05) is 38.4 Å². The van der Waals surface area contributed by atoms with Crippen molar-refractivity contribution in [1.82, 2.24) is 0 Å². The van der Waals surface area contributed by atoms with Gasteiger partial charge in [0.2, 0.25) is 0 Å². The highest BCUT2D eigenvalue weighted by Crippen LogP contribution is 2.33. The van der Waals surface area contributed by atoms with E-state index in [4.69, 9.17) is 10.5 Å². The van der Waals surface area contributed by atoms with Gasteiger partial charge in [-0.3, -0.25) is 0 Å². The van der Waals surface area contributed by atoms with Crippen molar-refractivity contribution >= 4 is 17.1 Å². The van der Waals surface area contributed by atoms with Crippen molar-refractivity contribution in [3.05, 3.63) is 48.0 Å². The molecule has 0 saturated carbocycles. The standard InChI is InChI=1S/C17H21N3O/c1-19-7-8-20(17-6-4-3-5-16(17)19)12-13-9-14(18)11-15(10-13)21-2/h3-6,9-11H,7-8,12,18H2,1-2H3. The summed E-state index contributed by atoms with van der Waals surface area (Å²) in [6.07, 6.45) is 0. The number of hydrogen-bond donors (Lipinski definition) is 1. The Morgan fingerprint density at radius 1 is 1.10 bits per heavy atom. The molecule has 2 aromatic rings. The lowest BCUT2D eigenvalue weighted by molar-refractivity contribution is 0.414. The summed E-state index contributed by atoms with van der Waals surface area (Å²) >= 11 is 0. The van der Waals surface area contributed by atoms with E-state index in [1.807, 2.05) is 12.1 Å². The van der Waals surface area contributed by atoms with E-state index in [0.29, 0.717) is 0 Å². The number of nitrogens with two attached hydrogens (primary N) is 1. The largest absolute Gasteiger partial charge is 0.497 e. The monoisotopic (exact) mass is 283 g/mol. The minimum absolute atomic E-state index is 0.742. The second kappa shape index (κ2) is 5.56. The van der Waals surface area contributed by atoms with Crippen molar-refractivity contribution in [2.45, 2.75) is 6.54 Å². The summed E-state index contributed by atoms with van der Waals surface area (Å²) in [5.74, 6) is 0.812. The summed E-state index contributed by atoms with van der Waals surface area (Å²) in [7, 11) is 3.81. The van der Waals surface area contributed by atoms with Crippen LogP contribution in [0.15, 0.2) is 42.5 Å². The molecule has 0 amide bonds. The van der Waals surface area contributed by atoms with E-state index in [2.05, 4.69) is 47.2 Å². The van der Waals surface area contributed by atoms with E-state index in [9.17, 15) is 0 Å². The number of para-hydroxylation sites is 2. The molecule has 0 bridgehead atoms. The van der Waals surface area contributed by atoms with E-state index in [0.717, 1.165) is 31.1 Å². The van der Waals surface area contributed by atoms with Gasteiger partial charge in [0.15, 0.2) is 0 Å². The maximum Gasteiger partial charge on any atom is 0.121 e. The Labute approximate surface area is 125 Å². The van der Waals surface area contributed by atoms with E-state index >= 15 is 0 Å². The van der Waals surface area contributed by atoms with Gasteiger partial charge in [0.05, 0.1) is 18.5 Å². The van der Waals surface area contributed by atoms with Crippen LogP contribution >= 0.6 is 0 Å². The van der Waals surface area contributed by atoms with Gasteiger partial charge >= 0.3 is 0 Å². The van der Waals surface area contributed by atoms with Gasteiger partial charge in [-0.1, -0.05) is 12.1 Å². The second-order valence-electron chi connectivity index (χ2n) is 5.45. The summed E-state index contributed by atoms with van der Waals surface area (Å²) in [6, 6.07) is 14.4. The van der Waals surface area contributed by atoms with Crippen molar-refractivity contribution in [3.63, 3.8) is 0 Å². The maximum atomic E-state index is 5.95. The van der Waals surface area contributed by atoms with Crippen LogP contribution in [-0.2, 0) is 6.54 Å². The Balaban J connectivity index is 1.89. The molecule has 0 unspecified atom stereocenters. The number of rotatable bonds is 3. The summed E-state index contributed by atoms with van der Waals surface area (Å²) in [5, 5.41) is 0. The van der Waals surface area contributed by atoms with E-state index in [1.165, 1.54) is 16.9 Å². The zero-order chi connectivity index (χ0) is 14.8. The minimum Gasteiger partial charge on any atom is -0.497 e. The van der Waals surface area contributed by atoms with Crippen LogP contribution < -0.4 is 20.3 Å². The number of ether oxygens (including phenoxy) is 1. The third kappa shape index (κ3) is 2.75. The first-order valence-electron chi connectivity index (χ1n) is 7.16. The topological polar surface area (TPSA) is 41.7 Å². The summed E-state index contributed by atoms with van der Waals surface area (Å²) in [4.78, 5) is 4.69. The smallest absolute Gasteiger partial charge is 0.121 e. The molecular weight excluding hydrogens is 262 g/mol. The first kappa shape index (κ1) is 13.6.